The molecule has 5 rings (SSSR count). The van der Waals surface area contributed by atoms with Crippen molar-refractivity contribution in [2.75, 3.05) is 32.8 Å². The Bertz CT molecular complexity index is 474. The third-order valence-corrected chi connectivity index (χ3v) is 5.64. The summed E-state index contributed by atoms with van der Waals surface area (Å²) in [7, 11) is 0. The van der Waals surface area contributed by atoms with Crippen LogP contribution in [0.5, 0.6) is 0 Å². The van der Waals surface area contributed by atoms with E-state index in [1.54, 1.807) is 0 Å². The van der Waals surface area contributed by atoms with Gasteiger partial charge in [-0.1, -0.05) is 0 Å². The molecule has 2 N–H and O–H groups in total. The van der Waals surface area contributed by atoms with Crippen molar-refractivity contribution in [1.82, 2.24) is 14.7 Å². The zero-order chi connectivity index (χ0) is 14.1. The van der Waals surface area contributed by atoms with Crippen molar-refractivity contribution in [3.63, 3.8) is 0 Å². The number of piperazine rings is 1. The van der Waals surface area contributed by atoms with Crippen molar-refractivity contribution in [3.8, 4) is 0 Å². The van der Waals surface area contributed by atoms with E-state index in [1.807, 2.05) is 9.80 Å². The monoisotopic (exact) mass is 281 g/mol. The maximum atomic E-state index is 12.5. The first-order chi connectivity index (χ1) is 9.49. The van der Waals surface area contributed by atoms with Crippen LogP contribution in [0.15, 0.2) is 0 Å². The number of carbonyl (C=O) groups is 2. The summed E-state index contributed by atoms with van der Waals surface area (Å²) in [5.41, 5.74) is 0.0433. The summed E-state index contributed by atoms with van der Waals surface area (Å²) >= 11 is 0. The second-order valence-corrected chi connectivity index (χ2v) is 6.88. The molecule has 2 saturated heterocycles. The summed E-state index contributed by atoms with van der Waals surface area (Å²) in [5.74, 6) is 0. The first kappa shape index (κ1) is 12.3. The van der Waals surface area contributed by atoms with E-state index >= 15 is 0 Å². The Morgan fingerprint density at radius 1 is 1.25 bits per heavy atom. The fourth-order valence-corrected chi connectivity index (χ4v) is 4.67. The SMILES string of the molecule is O=C(O)N1CCN2C(=O)N(C34CC(CO)(C3)C4)CC2C1. The number of rotatable bonds is 2. The molecule has 7 heteroatoms. The number of hydrogen-bond acceptors (Lipinski definition) is 3. The molecule has 5 fully saturated rings. The van der Waals surface area contributed by atoms with Gasteiger partial charge >= 0.3 is 12.1 Å². The Kier molecular flexibility index (Phi) is 2.19. The average molecular weight is 281 g/mol. The first-order valence-corrected chi connectivity index (χ1v) is 7.16. The third-order valence-electron chi connectivity index (χ3n) is 5.64. The molecule has 0 radical (unpaired) electrons. The molecule has 2 aliphatic heterocycles. The van der Waals surface area contributed by atoms with Gasteiger partial charge in [-0.2, -0.15) is 0 Å². The maximum Gasteiger partial charge on any atom is 0.407 e. The third kappa shape index (κ3) is 1.33. The smallest absolute Gasteiger partial charge is 0.407 e. The number of fused-ring (bicyclic) bond motifs is 1. The largest absolute Gasteiger partial charge is 0.465 e. The predicted molar refractivity (Wildman–Crippen MR) is 68.3 cm³/mol. The molecule has 3 amide bonds. The minimum Gasteiger partial charge on any atom is -0.465 e. The van der Waals surface area contributed by atoms with Gasteiger partial charge < -0.3 is 24.9 Å². The molecule has 1 atom stereocenters. The van der Waals surface area contributed by atoms with E-state index in [4.69, 9.17) is 5.11 Å². The summed E-state index contributed by atoms with van der Waals surface area (Å²) in [6, 6.07) is 0.0535. The predicted octanol–water partition coefficient (Wildman–Crippen LogP) is 0.00120. The van der Waals surface area contributed by atoms with Crippen LogP contribution in [0, 0.1) is 5.41 Å². The van der Waals surface area contributed by atoms with Gasteiger partial charge in [0, 0.05) is 43.7 Å². The van der Waals surface area contributed by atoms with E-state index in [2.05, 4.69) is 0 Å². The van der Waals surface area contributed by atoms with Crippen molar-refractivity contribution in [2.24, 2.45) is 5.41 Å². The molecule has 1 unspecified atom stereocenters. The number of carbonyl (C=O) groups excluding carboxylic acids is 1. The molecule has 0 aromatic carbocycles. The zero-order valence-electron chi connectivity index (χ0n) is 11.3. The lowest BCUT2D eigenvalue weighted by molar-refractivity contribution is -0.217. The summed E-state index contributed by atoms with van der Waals surface area (Å²) < 4.78 is 0. The Morgan fingerprint density at radius 2 is 1.95 bits per heavy atom. The van der Waals surface area contributed by atoms with Crippen LogP contribution < -0.4 is 0 Å². The second kappa shape index (κ2) is 3.58. The van der Waals surface area contributed by atoms with Gasteiger partial charge in [0.2, 0.25) is 0 Å². The minimum atomic E-state index is -0.903. The van der Waals surface area contributed by atoms with Gasteiger partial charge in [-0.25, -0.2) is 9.59 Å². The average Bonchev–Trinajstić information content (AvgIpc) is 2.64. The molecule has 20 heavy (non-hydrogen) atoms. The summed E-state index contributed by atoms with van der Waals surface area (Å²) in [6.45, 7) is 2.16. The summed E-state index contributed by atoms with van der Waals surface area (Å²) in [5, 5.41) is 18.4. The Morgan fingerprint density at radius 3 is 2.55 bits per heavy atom. The van der Waals surface area contributed by atoms with E-state index in [-0.39, 0.29) is 29.6 Å². The van der Waals surface area contributed by atoms with Crippen LogP contribution in [-0.2, 0) is 0 Å². The minimum absolute atomic E-state index is 0.00792. The van der Waals surface area contributed by atoms with Crippen LogP contribution in [0.25, 0.3) is 0 Å². The van der Waals surface area contributed by atoms with Crippen LogP contribution in [-0.4, -0.2) is 81.4 Å². The molecule has 0 spiro atoms. The molecule has 7 nitrogen and oxygen atoms in total. The van der Waals surface area contributed by atoms with Gasteiger partial charge in [0.05, 0.1) is 6.04 Å². The number of aliphatic hydroxyl groups excluding tert-OH is 1. The van der Waals surface area contributed by atoms with Gasteiger partial charge in [-0.05, 0) is 19.3 Å². The van der Waals surface area contributed by atoms with Crippen molar-refractivity contribution in [2.45, 2.75) is 30.8 Å². The summed E-state index contributed by atoms with van der Waals surface area (Å²) in [4.78, 5) is 28.7. The highest BCUT2D eigenvalue weighted by Gasteiger charge is 2.72. The number of aliphatic hydroxyl groups is 1. The molecule has 110 valence electrons. The number of urea groups is 1. The Balaban J connectivity index is 1.47. The van der Waals surface area contributed by atoms with Crippen LogP contribution in [0.4, 0.5) is 9.59 Å². The van der Waals surface area contributed by atoms with Crippen molar-refractivity contribution in [1.29, 1.82) is 0 Å². The molecule has 0 aromatic heterocycles. The van der Waals surface area contributed by atoms with Gasteiger partial charge in [0.1, 0.15) is 0 Å². The van der Waals surface area contributed by atoms with Crippen LogP contribution in [0.1, 0.15) is 19.3 Å². The highest BCUT2D eigenvalue weighted by atomic mass is 16.4. The molecule has 5 aliphatic rings. The highest BCUT2D eigenvalue weighted by Crippen LogP contribution is 2.70. The maximum absolute atomic E-state index is 12.5. The topological polar surface area (TPSA) is 84.3 Å². The van der Waals surface area contributed by atoms with E-state index in [9.17, 15) is 14.7 Å². The number of carboxylic acid groups (broad SMARTS) is 1. The van der Waals surface area contributed by atoms with Gasteiger partial charge in [0.15, 0.2) is 0 Å². The Hall–Kier alpha value is -1.50. The molecular formula is C13H19N3O4. The lowest BCUT2D eigenvalue weighted by Crippen LogP contribution is -2.76. The van der Waals surface area contributed by atoms with Crippen LogP contribution in [0.3, 0.4) is 0 Å². The van der Waals surface area contributed by atoms with Crippen molar-refractivity contribution >= 4 is 12.1 Å². The lowest BCUT2D eigenvalue weighted by atomic mass is 9.39. The van der Waals surface area contributed by atoms with Gasteiger partial charge in [-0.3, -0.25) is 0 Å². The zero-order valence-corrected chi connectivity index (χ0v) is 11.3. The normalized spacial score (nSPS) is 42.1. The summed E-state index contributed by atoms with van der Waals surface area (Å²) in [6.07, 6.45) is 1.82. The molecule has 2 bridgehead atoms. The first-order valence-electron chi connectivity index (χ1n) is 7.16. The van der Waals surface area contributed by atoms with Gasteiger partial charge in [-0.15, -0.1) is 0 Å². The van der Waals surface area contributed by atoms with Gasteiger partial charge in [0.25, 0.3) is 0 Å². The Labute approximate surface area is 116 Å². The molecule has 0 aromatic rings. The molecule has 3 aliphatic carbocycles. The fraction of sp³-hybridized carbons (Fsp3) is 0.846. The van der Waals surface area contributed by atoms with Crippen molar-refractivity contribution in [3.05, 3.63) is 0 Å². The van der Waals surface area contributed by atoms with E-state index < -0.39 is 6.09 Å². The van der Waals surface area contributed by atoms with Crippen LogP contribution in [0.2, 0.25) is 0 Å². The molecule has 2 heterocycles. The number of hydrogen-bond donors (Lipinski definition) is 2. The van der Waals surface area contributed by atoms with E-state index in [0.717, 1.165) is 19.3 Å². The standard InChI is InChI=1S/C13H19N3O4/c17-8-12-5-13(6-12,7-12)16-4-9-3-14(11(19)20)1-2-15(9)10(16)18/h9,17H,1-8H2,(H,19,20). The number of amides is 3. The van der Waals surface area contributed by atoms with Crippen molar-refractivity contribution < 1.29 is 19.8 Å². The molecule has 3 saturated carbocycles. The highest BCUT2D eigenvalue weighted by molar-refractivity contribution is 5.79. The fourth-order valence-electron chi connectivity index (χ4n) is 4.67. The number of nitrogens with zero attached hydrogens (tertiary/aromatic N) is 3. The lowest BCUT2D eigenvalue weighted by Gasteiger charge is -2.72. The molecular weight excluding hydrogens is 262 g/mol. The second-order valence-electron chi connectivity index (χ2n) is 6.88. The van der Waals surface area contributed by atoms with Crippen LogP contribution >= 0.6 is 0 Å². The van der Waals surface area contributed by atoms with E-state index in [1.165, 1.54) is 4.90 Å². The van der Waals surface area contributed by atoms with E-state index in [0.29, 0.717) is 26.2 Å². The quantitative estimate of drug-likeness (QED) is 0.746.